The summed E-state index contributed by atoms with van der Waals surface area (Å²) in [5.41, 5.74) is 0.958. The molecule has 1 fully saturated rings. The van der Waals surface area contributed by atoms with Crippen molar-refractivity contribution in [3.05, 3.63) is 45.8 Å². The smallest absolute Gasteiger partial charge is 0.324 e. The number of thiophene rings is 1. The number of anilines is 2. The van der Waals surface area contributed by atoms with E-state index < -0.39 is 16.1 Å². The summed E-state index contributed by atoms with van der Waals surface area (Å²) >= 11 is 7.12. The van der Waals surface area contributed by atoms with E-state index in [1.54, 1.807) is 11.4 Å². The molecule has 0 atom stereocenters. The normalized spacial score (nSPS) is 15.8. The summed E-state index contributed by atoms with van der Waals surface area (Å²) in [4.78, 5) is 26.5. The van der Waals surface area contributed by atoms with Crippen LogP contribution in [-0.4, -0.2) is 50.6 Å². The van der Waals surface area contributed by atoms with E-state index in [-0.39, 0.29) is 47.4 Å². The first-order chi connectivity index (χ1) is 13.8. The van der Waals surface area contributed by atoms with Gasteiger partial charge in [-0.2, -0.15) is 5.26 Å². The number of benzene rings is 1. The summed E-state index contributed by atoms with van der Waals surface area (Å²) in [5, 5.41) is 16.3. The third kappa shape index (κ3) is 5.24. The highest BCUT2D eigenvalue weighted by Gasteiger charge is 2.25. The number of hydrogen-bond acceptors (Lipinski definition) is 6. The van der Waals surface area contributed by atoms with E-state index in [1.807, 2.05) is 6.07 Å². The first kappa shape index (κ1) is 21.1. The SMILES string of the molecule is N#Cc1ccc(NC(=O)Nc2sccc2C(=O)N2CCNS(=O)(=O)CC2)cc1Cl. The van der Waals surface area contributed by atoms with Gasteiger partial charge >= 0.3 is 6.03 Å². The molecule has 29 heavy (non-hydrogen) atoms. The second kappa shape index (κ2) is 8.79. The summed E-state index contributed by atoms with van der Waals surface area (Å²) in [5.74, 6) is -0.534. The minimum absolute atomic E-state index is 0.0688. The molecule has 3 amide bonds. The van der Waals surface area contributed by atoms with Gasteiger partial charge < -0.3 is 10.2 Å². The fourth-order valence-electron chi connectivity index (χ4n) is 2.65. The summed E-state index contributed by atoms with van der Waals surface area (Å²) < 4.78 is 25.7. The van der Waals surface area contributed by atoms with Gasteiger partial charge in [-0.15, -0.1) is 11.3 Å². The van der Waals surface area contributed by atoms with Gasteiger partial charge in [0.25, 0.3) is 5.91 Å². The number of nitrogens with zero attached hydrogens (tertiary/aromatic N) is 2. The molecule has 0 aliphatic carbocycles. The molecule has 1 aliphatic heterocycles. The minimum atomic E-state index is -3.38. The van der Waals surface area contributed by atoms with Crippen LogP contribution >= 0.6 is 22.9 Å². The van der Waals surface area contributed by atoms with Crippen molar-refractivity contribution in [3.63, 3.8) is 0 Å². The molecule has 3 rings (SSSR count). The molecule has 1 aromatic carbocycles. The summed E-state index contributed by atoms with van der Waals surface area (Å²) in [7, 11) is -3.38. The maximum absolute atomic E-state index is 12.8. The van der Waals surface area contributed by atoms with Crippen molar-refractivity contribution in [2.24, 2.45) is 0 Å². The molecule has 0 radical (unpaired) electrons. The van der Waals surface area contributed by atoms with Crippen molar-refractivity contribution < 1.29 is 18.0 Å². The van der Waals surface area contributed by atoms with Crippen molar-refractivity contribution in [1.29, 1.82) is 5.26 Å². The van der Waals surface area contributed by atoms with Crippen molar-refractivity contribution in [2.75, 3.05) is 36.0 Å². The average molecular weight is 454 g/mol. The van der Waals surface area contributed by atoms with Crippen LogP contribution in [0.4, 0.5) is 15.5 Å². The highest BCUT2D eigenvalue weighted by Crippen LogP contribution is 2.26. The Balaban J connectivity index is 1.68. The number of urea groups is 1. The van der Waals surface area contributed by atoms with Crippen molar-refractivity contribution in [2.45, 2.75) is 0 Å². The number of hydrogen-bond donors (Lipinski definition) is 3. The van der Waals surface area contributed by atoms with Crippen molar-refractivity contribution >= 4 is 55.6 Å². The predicted octanol–water partition coefficient (Wildman–Crippen LogP) is 2.29. The summed E-state index contributed by atoms with van der Waals surface area (Å²) in [6.07, 6.45) is 0. The number of nitriles is 1. The Hall–Kier alpha value is -2.65. The molecule has 152 valence electrons. The summed E-state index contributed by atoms with van der Waals surface area (Å²) in [6.45, 7) is 0.448. The van der Waals surface area contributed by atoms with Crippen LogP contribution in [0.1, 0.15) is 15.9 Å². The molecule has 0 unspecified atom stereocenters. The summed E-state index contributed by atoms with van der Waals surface area (Å²) in [6, 6.07) is 7.40. The van der Waals surface area contributed by atoms with Gasteiger partial charge in [0.2, 0.25) is 10.0 Å². The Morgan fingerprint density at radius 3 is 2.76 bits per heavy atom. The van der Waals surface area contributed by atoms with Crippen LogP contribution in [-0.2, 0) is 10.0 Å². The van der Waals surface area contributed by atoms with E-state index in [2.05, 4.69) is 15.4 Å². The lowest BCUT2D eigenvalue weighted by Gasteiger charge is -2.19. The molecular formula is C17H16ClN5O4S2. The van der Waals surface area contributed by atoms with Gasteiger partial charge in [-0.25, -0.2) is 17.9 Å². The Labute approximate surface area is 176 Å². The number of carbonyl (C=O) groups excluding carboxylic acids is 2. The number of amides is 3. The molecule has 2 aromatic rings. The van der Waals surface area contributed by atoms with Gasteiger partial charge in [-0.05, 0) is 29.6 Å². The van der Waals surface area contributed by atoms with E-state index in [0.29, 0.717) is 10.7 Å². The molecule has 3 N–H and O–H groups in total. The largest absolute Gasteiger partial charge is 0.336 e. The third-order valence-electron chi connectivity index (χ3n) is 4.09. The van der Waals surface area contributed by atoms with Crippen molar-refractivity contribution in [1.82, 2.24) is 9.62 Å². The van der Waals surface area contributed by atoms with Gasteiger partial charge in [0.1, 0.15) is 11.1 Å². The maximum Gasteiger partial charge on any atom is 0.324 e. The topological polar surface area (TPSA) is 131 Å². The Kier molecular flexibility index (Phi) is 6.39. The minimum Gasteiger partial charge on any atom is -0.336 e. The van der Waals surface area contributed by atoms with Crippen LogP contribution in [0.5, 0.6) is 0 Å². The molecule has 1 aliphatic rings. The van der Waals surface area contributed by atoms with Crippen LogP contribution in [0.15, 0.2) is 29.6 Å². The Morgan fingerprint density at radius 2 is 2.03 bits per heavy atom. The van der Waals surface area contributed by atoms with E-state index >= 15 is 0 Å². The maximum atomic E-state index is 12.8. The lowest BCUT2D eigenvalue weighted by molar-refractivity contribution is 0.0773. The lowest BCUT2D eigenvalue weighted by Crippen LogP contribution is -2.35. The Bertz CT molecular complexity index is 1090. The highest BCUT2D eigenvalue weighted by molar-refractivity contribution is 7.89. The molecule has 2 heterocycles. The number of halogens is 1. The Morgan fingerprint density at radius 1 is 1.24 bits per heavy atom. The van der Waals surface area contributed by atoms with Gasteiger partial charge in [0.05, 0.1) is 21.9 Å². The number of carbonyl (C=O) groups is 2. The highest BCUT2D eigenvalue weighted by atomic mass is 35.5. The van der Waals surface area contributed by atoms with Gasteiger partial charge in [-0.3, -0.25) is 10.1 Å². The molecule has 12 heteroatoms. The molecule has 0 bridgehead atoms. The lowest BCUT2D eigenvalue weighted by atomic mass is 10.2. The molecule has 0 saturated carbocycles. The van der Waals surface area contributed by atoms with Gasteiger partial charge in [0, 0.05) is 25.3 Å². The first-order valence-corrected chi connectivity index (χ1v) is 11.3. The molecule has 1 aromatic heterocycles. The second-order valence-electron chi connectivity index (χ2n) is 6.05. The van der Waals surface area contributed by atoms with Crippen LogP contribution in [0.25, 0.3) is 0 Å². The molecule has 1 saturated heterocycles. The number of sulfonamides is 1. The fraction of sp³-hybridized carbons (Fsp3) is 0.235. The van der Waals surface area contributed by atoms with E-state index in [4.69, 9.17) is 16.9 Å². The van der Waals surface area contributed by atoms with Gasteiger partial charge in [0.15, 0.2) is 0 Å². The zero-order chi connectivity index (χ0) is 21.0. The first-order valence-electron chi connectivity index (χ1n) is 8.41. The van der Waals surface area contributed by atoms with E-state index in [1.165, 1.54) is 34.4 Å². The third-order valence-corrected chi connectivity index (χ3v) is 6.60. The van der Waals surface area contributed by atoms with E-state index in [9.17, 15) is 18.0 Å². The molecule has 0 spiro atoms. The zero-order valence-corrected chi connectivity index (χ0v) is 17.3. The van der Waals surface area contributed by atoms with Crippen LogP contribution in [0.3, 0.4) is 0 Å². The predicted molar refractivity (Wildman–Crippen MR) is 111 cm³/mol. The van der Waals surface area contributed by atoms with Crippen LogP contribution in [0, 0.1) is 11.3 Å². The molecule has 9 nitrogen and oxygen atoms in total. The molecular weight excluding hydrogens is 438 g/mol. The van der Waals surface area contributed by atoms with E-state index in [0.717, 1.165) is 0 Å². The van der Waals surface area contributed by atoms with Gasteiger partial charge in [-0.1, -0.05) is 11.6 Å². The second-order valence-corrected chi connectivity index (χ2v) is 9.30. The zero-order valence-electron chi connectivity index (χ0n) is 14.9. The number of nitrogens with one attached hydrogen (secondary N) is 3. The van der Waals surface area contributed by atoms with Crippen LogP contribution < -0.4 is 15.4 Å². The average Bonchev–Trinajstić information content (AvgIpc) is 3.03. The standard InChI is InChI=1S/C17H16ClN5O4S2/c18-14-9-12(2-1-11(14)10-19)21-17(25)22-15-13(3-7-28-15)16(24)23-5-4-20-29(26,27)8-6-23/h1-3,7,9,20H,4-6,8H2,(H2,21,22,25). The van der Waals surface area contributed by atoms with Crippen LogP contribution in [0.2, 0.25) is 5.02 Å². The fourth-order valence-corrected chi connectivity index (χ4v) is 4.65. The van der Waals surface area contributed by atoms with Crippen molar-refractivity contribution in [3.8, 4) is 6.07 Å². The quantitative estimate of drug-likeness (QED) is 0.656. The monoisotopic (exact) mass is 453 g/mol. The number of rotatable bonds is 3.